The fraction of sp³-hybridized carbons (Fsp3) is 0. The molecule has 0 N–H and O–H groups in total. The molecular weight excluding hydrogens is 552 g/mol. The van der Waals surface area contributed by atoms with Gasteiger partial charge in [0.05, 0.1) is 27.5 Å². The number of rotatable bonds is 3. The summed E-state index contributed by atoms with van der Waals surface area (Å²) in [5.74, 6) is 0.619. The zero-order valence-corrected chi connectivity index (χ0v) is 24.1. The molecule has 0 unspecified atom stereocenters. The number of furan rings is 1. The average molecular weight is 577 g/mol. The van der Waals surface area contributed by atoms with E-state index in [2.05, 4.69) is 130 Å². The Labute approximate surface area is 257 Å². The molecule has 4 heterocycles. The van der Waals surface area contributed by atoms with Crippen LogP contribution in [0.3, 0.4) is 0 Å². The summed E-state index contributed by atoms with van der Waals surface area (Å²) in [6, 6.07) is 50.6. The smallest absolute Gasteiger partial charge is 0.236 e. The van der Waals surface area contributed by atoms with Gasteiger partial charge in [-0.15, -0.1) is 0 Å². The van der Waals surface area contributed by atoms with E-state index in [0.29, 0.717) is 11.5 Å². The first-order valence-electron chi connectivity index (χ1n) is 15.1. The van der Waals surface area contributed by atoms with Crippen LogP contribution < -0.4 is 0 Å². The molecule has 0 saturated heterocycles. The molecule has 5 nitrogen and oxygen atoms in total. The third-order valence-electron chi connectivity index (χ3n) is 8.95. The summed E-state index contributed by atoms with van der Waals surface area (Å²) >= 11 is 0. The van der Waals surface area contributed by atoms with Gasteiger partial charge >= 0.3 is 0 Å². The first-order valence-corrected chi connectivity index (χ1v) is 15.1. The topological polar surface area (TPSA) is 48.8 Å². The van der Waals surface area contributed by atoms with Crippen molar-refractivity contribution in [1.82, 2.24) is 19.1 Å². The van der Waals surface area contributed by atoms with Crippen LogP contribution in [0.5, 0.6) is 0 Å². The summed E-state index contributed by atoms with van der Waals surface area (Å²) < 4.78 is 11.4. The molecule has 0 aliphatic heterocycles. The predicted molar refractivity (Wildman–Crippen MR) is 183 cm³/mol. The highest BCUT2D eigenvalue weighted by Crippen LogP contribution is 2.42. The highest BCUT2D eigenvalue weighted by molar-refractivity contribution is 6.24. The van der Waals surface area contributed by atoms with Crippen molar-refractivity contribution >= 4 is 65.7 Å². The van der Waals surface area contributed by atoms with Gasteiger partial charge in [0.25, 0.3) is 0 Å². The zero-order chi connectivity index (χ0) is 29.5. The van der Waals surface area contributed by atoms with Gasteiger partial charge in [0.15, 0.2) is 5.58 Å². The van der Waals surface area contributed by atoms with Crippen LogP contribution >= 0.6 is 0 Å². The van der Waals surface area contributed by atoms with E-state index >= 15 is 0 Å². The van der Waals surface area contributed by atoms with Crippen molar-refractivity contribution in [1.29, 1.82) is 0 Å². The van der Waals surface area contributed by atoms with Crippen molar-refractivity contribution in [2.45, 2.75) is 0 Å². The van der Waals surface area contributed by atoms with Gasteiger partial charge < -0.3 is 8.98 Å². The minimum absolute atomic E-state index is 0.619. The Hall–Kier alpha value is -6.20. The standard InChI is InChI=1S/C40H24N4O/c1-3-13-25(14-4-1)36-39-37(42-40(41-36)44-31-20-10-7-17-27(31)28-18-8-11-21-32(28)44)30-23-24-34-35(38(30)45-39)29-19-9-12-22-33(29)43(34)26-15-5-2-6-16-26/h1-24H. The quantitative estimate of drug-likeness (QED) is 0.210. The number of fused-ring (bicyclic) bond motifs is 10. The Morgan fingerprint density at radius 1 is 0.422 bits per heavy atom. The van der Waals surface area contributed by atoms with E-state index in [1.165, 1.54) is 10.8 Å². The van der Waals surface area contributed by atoms with Gasteiger partial charge in [0, 0.05) is 32.8 Å². The Bertz CT molecular complexity index is 2700. The van der Waals surface area contributed by atoms with Gasteiger partial charge in [0.1, 0.15) is 16.8 Å². The summed E-state index contributed by atoms with van der Waals surface area (Å²) in [6.45, 7) is 0. The first kappa shape index (κ1) is 24.3. The number of aromatic nitrogens is 4. The molecule has 5 heteroatoms. The van der Waals surface area contributed by atoms with Gasteiger partial charge in [-0.2, -0.15) is 0 Å². The molecule has 45 heavy (non-hydrogen) atoms. The summed E-state index contributed by atoms with van der Waals surface area (Å²) in [5.41, 5.74) is 9.52. The number of para-hydroxylation sites is 4. The molecule has 0 bridgehead atoms. The fourth-order valence-corrected chi connectivity index (χ4v) is 7.03. The summed E-state index contributed by atoms with van der Waals surface area (Å²) in [4.78, 5) is 10.6. The molecule has 10 rings (SSSR count). The maximum Gasteiger partial charge on any atom is 0.236 e. The van der Waals surface area contributed by atoms with Crippen LogP contribution in [0.15, 0.2) is 150 Å². The highest BCUT2D eigenvalue weighted by Gasteiger charge is 2.24. The third kappa shape index (κ3) is 3.38. The van der Waals surface area contributed by atoms with E-state index in [1.54, 1.807) is 0 Å². The Balaban J connectivity index is 1.36. The third-order valence-corrected chi connectivity index (χ3v) is 8.95. The van der Waals surface area contributed by atoms with Crippen LogP contribution in [-0.4, -0.2) is 19.1 Å². The first-order chi connectivity index (χ1) is 22.3. The van der Waals surface area contributed by atoms with E-state index in [1.807, 2.05) is 24.3 Å². The molecule has 210 valence electrons. The van der Waals surface area contributed by atoms with E-state index in [4.69, 9.17) is 14.4 Å². The molecule has 0 atom stereocenters. The number of benzene rings is 6. The lowest BCUT2D eigenvalue weighted by Gasteiger charge is -2.09. The van der Waals surface area contributed by atoms with Crippen LogP contribution in [0, 0.1) is 0 Å². The summed E-state index contributed by atoms with van der Waals surface area (Å²) in [6.07, 6.45) is 0. The fourth-order valence-electron chi connectivity index (χ4n) is 7.03. The molecule has 0 aliphatic rings. The molecule has 10 aromatic rings. The van der Waals surface area contributed by atoms with Crippen LogP contribution in [0.4, 0.5) is 0 Å². The van der Waals surface area contributed by atoms with Crippen LogP contribution in [0.2, 0.25) is 0 Å². The van der Waals surface area contributed by atoms with Crippen molar-refractivity contribution < 1.29 is 4.42 Å². The number of nitrogens with zero attached hydrogens (tertiary/aromatic N) is 4. The summed E-state index contributed by atoms with van der Waals surface area (Å²) in [5, 5.41) is 5.52. The highest BCUT2D eigenvalue weighted by atomic mass is 16.3. The number of hydrogen-bond donors (Lipinski definition) is 0. The maximum absolute atomic E-state index is 6.91. The lowest BCUT2D eigenvalue weighted by Crippen LogP contribution is -2.02. The molecule has 0 fully saturated rings. The van der Waals surface area contributed by atoms with Gasteiger partial charge in [0.2, 0.25) is 5.95 Å². The van der Waals surface area contributed by atoms with E-state index in [9.17, 15) is 0 Å². The van der Waals surface area contributed by atoms with Crippen molar-refractivity contribution in [3.8, 4) is 22.9 Å². The van der Waals surface area contributed by atoms with E-state index in [-0.39, 0.29) is 0 Å². The molecule has 0 spiro atoms. The minimum atomic E-state index is 0.619. The Kier molecular flexibility index (Phi) is 4.93. The van der Waals surface area contributed by atoms with Crippen LogP contribution in [0.25, 0.3) is 88.6 Å². The molecule has 0 aliphatic carbocycles. The number of hydrogen-bond acceptors (Lipinski definition) is 3. The van der Waals surface area contributed by atoms with Gasteiger partial charge in [-0.1, -0.05) is 103 Å². The van der Waals surface area contributed by atoms with Crippen molar-refractivity contribution in [3.63, 3.8) is 0 Å². The summed E-state index contributed by atoms with van der Waals surface area (Å²) in [7, 11) is 0. The Morgan fingerprint density at radius 2 is 1.00 bits per heavy atom. The second-order valence-corrected chi connectivity index (χ2v) is 11.4. The van der Waals surface area contributed by atoms with Crippen molar-refractivity contribution in [3.05, 3.63) is 146 Å². The van der Waals surface area contributed by atoms with Gasteiger partial charge in [-0.3, -0.25) is 4.57 Å². The van der Waals surface area contributed by atoms with Crippen molar-refractivity contribution in [2.24, 2.45) is 0 Å². The molecule has 0 radical (unpaired) electrons. The minimum Gasteiger partial charge on any atom is -0.451 e. The molecule has 0 amide bonds. The monoisotopic (exact) mass is 576 g/mol. The average Bonchev–Trinajstić information content (AvgIpc) is 3.76. The lowest BCUT2D eigenvalue weighted by atomic mass is 10.1. The van der Waals surface area contributed by atoms with Gasteiger partial charge in [-0.25, -0.2) is 9.97 Å². The largest absolute Gasteiger partial charge is 0.451 e. The molecule has 6 aromatic carbocycles. The van der Waals surface area contributed by atoms with Gasteiger partial charge in [-0.05, 0) is 42.5 Å². The SMILES string of the molecule is c1ccc(-c2nc(-n3c4ccccc4c4ccccc43)nc3c2oc2c3ccc3c2c2ccccc2n3-c2ccccc2)cc1. The zero-order valence-electron chi connectivity index (χ0n) is 24.1. The van der Waals surface area contributed by atoms with E-state index < -0.39 is 0 Å². The molecule has 0 saturated carbocycles. The van der Waals surface area contributed by atoms with Crippen LogP contribution in [-0.2, 0) is 0 Å². The Morgan fingerprint density at radius 3 is 1.69 bits per heavy atom. The second kappa shape index (κ2) is 9.15. The molecule has 4 aromatic heterocycles. The van der Waals surface area contributed by atoms with Crippen LogP contribution in [0.1, 0.15) is 0 Å². The van der Waals surface area contributed by atoms with Crippen molar-refractivity contribution in [2.75, 3.05) is 0 Å². The van der Waals surface area contributed by atoms with E-state index in [0.717, 1.165) is 66.3 Å². The molecular formula is C40H24N4O. The maximum atomic E-state index is 6.91. The predicted octanol–water partition coefficient (Wildman–Crippen LogP) is 10.2. The normalized spacial score (nSPS) is 12.0. The second-order valence-electron chi connectivity index (χ2n) is 11.4. The lowest BCUT2D eigenvalue weighted by molar-refractivity contribution is 0.670.